The van der Waals surface area contributed by atoms with Gasteiger partial charge < -0.3 is 10.2 Å². The van der Waals surface area contributed by atoms with Crippen LogP contribution in [0, 0.1) is 5.92 Å². The van der Waals surface area contributed by atoms with Gasteiger partial charge in [0.15, 0.2) is 5.16 Å². The van der Waals surface area contributed by atoms with Gasteiger partial charge in [-0.15, -0.1) is 0 Å². The zero-order valence-corrected chi connectivity index (χ0v) is 22.5. The second-order valence-electron chi connectivity index (χ2n) is 8.73. The molecule has 1 N–H and O–H groups in total. The highest BCUT2D eigenvalue weighted by Gasteiger charge is 2.18. The van der Waals surface area contributed by atoms with Crippen LogP contribution in [0.5, 0.6) is 0 Å². The van der Waals surface area contributed by atoms with Gasteiger partial charge in [0.05, 0.1) is 0 Å². The van der Waals surface area contributed by atoms with Crippen LogP contribution in [0.1, 0.15) is 41.3 Å². The van der Waals surface area contributed by atoms with E-state index in [-0.39, 0.29) is 5.91 Å². The molecule has 3 aromatic rings. The van der Waals surface area contributed by atoms with Crippen LogP contribution in [-0.2, 0) is 12.2 Å². The summed E-state index contributed by atoms with van der Waals surface area (Å²) in [5, 5.41) is 5.25. The molecule has 1 aromatic heterocycles. The molecule has 2 aromatic carbocycles. The number of piperidine rings is 1. The lowest BCUT2D eigenvalue weighted by atomic mass is 9.99. The molecule has 1 aliphatic heterocycles. The predicted molar refractivity (Wildman–Crippen MR) is 146 cm³/mol. The summed E-state index contributed by atoms with van der Waals surface area (Å²) in [5.41, 5.74) is 2.57. The monoisotopic (exact) mass is 548 g/mol. The van der Waals surface area contributed by atoms with Gasteiger partial charge in [-0.05, 0) is 60.6 Å². The van der Waals surface area contributed by atoms with E-state index in [0.29, 0.717) is 44.6 Å². The molecule has 0 saturated carbocycles. The van der Waals surface area contributed by atoms with Crippen molar-refractivity contribution in [2.75, 3.05) is 24.5 Å². The highest BCUT2D eigenvalue weighted by molar-refractivity contribution is 7.98. The summed E-state index contributed by atoms with van der Waals surface area (Å²) in [6, 6.07) is 14.8. The Balaban J connectivity index is 1.33. The molecule has 0 atom stereocenters. The van der Waals surface area contributed by atoms with E-state index in [9.17, 15) is 4.79 Å². The molecule has 1 saturated heterocycles. The van der Waals surface area contributed by atoms with Crippen LogP contribution in [0.25, 0.3) is 0 Å². The molecule has 1 fully saturated rings. The number of aromatic nitrogens is 2. The first kappa shape index (κ1) is 26.1. The van der Waals surface area contributed by atoms with Crippen molar-refractivity contribution >= 4 is 58.3 Å². The Morgan fingerprint density at radius 1 is 1.09 bits per heavy atom. The maximum atomic E-state index is 12.7. The van der Waals surface area contributed by atoms with E-state index >= 15 is 0 Å². The summed E-state index contributed by atoms with van der Waals surface area (Å²) in [6.45, 7) is 4.74. The largest absolute Gasteiger partial charge is 0.356 e. The molecule has 35 heavy (non-hydrogen) atoms. The van der Waals surface area contributed by atoms with Crippen LogP contribution in [0.15, 0.2) is 53.7 Å². The minimum atomic E-state index is -0.123. The molecule has 9 heteroatoms. The Morgan fingerprint density at radius 2 is 1.89 bits per heavy atom. The molecule has 2 heterocycles. The van der Waals surface area contributed by atoms with E-state index in [1.807, 2.05) is 36.4 Å². The molecule has 0 bridgehead atoms. The van der Waals surface area contributed by atoms with E-state index in [1.54, 1.807) is 12.1 Å². The smallest absolute Gasteiger partial charge is 0.251 e. The van der Waals surface area contributed by atoms with Crippen LogP contribution in [0.2, 0.25) is 15.2 Å². The first-order valence-electron chi connectivity index (χ1n) is 11.6. The Labute approximate surface area is 225 Å². The van der Waals surface area contributed by atoms with Crippen molar-refractivity contribution < 1.29 is 4.79 Å². The van der Waals surface area contributed by atoms with Crippen LogP contribution >= 0.6 is 46.6 Å². The third-order valence-corrected chi connectivity index (χ3v) is 7.72. The number of anilines is 1. The van der Waals surface area contributed by atoms with Gasteiger partial charge in [-0.25, -0.2) is 9.97 Å². The third kappa shape index (κ3) is 7.50. The van der Waals surface area contributed by atoms with Gasteiger partial charge in [-0.3, -0.25) is 4.79 Å². The minimum Gasteiger partial charge on any atom is -0.356 e. The number of rotatable bonds is 8. The molecular formula is C26H27Cl3N4OS. The molecular weight excluding hydrogens is 523 g/mol. The Kier molecular flexibility index (Phi) is 9.17. The lowest BCUT2D eigenvalue weighted by Crippen LogP contribution is -2.33. The number of amides is 1. The highest BCUT2D eigenvalue weighted by atomic mass is 35.5. The van der Waals surface area contributed by atoms with E-state index in [0.717, 1.165) is 48.8 Å². The summed E-state index contributed by atoms with van der Waals surface area (Å²) in [5.74, 6) is 2.14. The van der Waals surface area contributed by atoms with Gasteiger partial charge in [-0.1, -0.05) is 71.7 Å². The van der Waals surface area contributed by atoms with Gasteiger partial charge in [0.2, 0.25) is 0 Å². The van der Waals surface area contributed by atoms with Gasteiger partial charge in [-0.2, -0.15) is 0 Å². The number of nitrogens with one attached hydrogen (secondary N) is 1. The second kappa shape index (κ2) is 12.3. The Bertz CT molecular complexity index is 1190. The van der Waals surface area contributed by atoms with Crippen molar-refractivity contribution in [1.82, 2.24) is 15.3 Å². The van der Waals surface area contributed by atoms with Crippen LogP contribution in [0.3, 0.4) is 0 Å². The molecule has 4 rings (SSSR count). The van der Waals surface area contributed by atoms with Crippen LogP contribution in [-0.4, -0.2) is 35.5 Å². The number of halogens is 3. The molecule has 1 aliphatic rings. The SMILES string of the molecule is CC1CCN(c2cc(Cl)nc(SCc3cccc(C(=O)NCCc4ccc(Cl)cc4Cl)c3)n2)CC1. The fourth-order valence-corrected chi connectivity index (χ4v) is 5.46. The van der Waals surface area contributed by atoms with Crippen LogP contribution in [0.4, 0.5) is 5.82 Å². The Hall–Kier alpha value is -1.99. The van der Waals surface area contributed by atoms with Crippen molar-refractivity contribution in [2.24, 2.45) is 5.92 Å². The number of carbonyl (C=O) groups is 1. The zero-order chi connectivity index (χ0) is 24.8. The van der Waals surface area contributed by atoms with E-state index in [1.165, 1.54) is 11.8 Å². The number of carbonyl (C=O) groups excluding carboxylic acids is 1. The molecule has 0 radical (unpaired) electrons. The first-order valence-corrected chi connectivity index (χ1v) is 13.7. The van der Waals surface area contributed by atoms with E-state index in [4.69, 9.17) is 39.8 Å². The topological polar surface area (TPSA) is 58.1 Å². The van der Waals surface area contributed by atoms with E-state index < -0.39 is 0 Å². The second-order valence-corrected chi connectivity index (χ2v) is 10.9. The molecule has 0 aliphatic carbocycles. The maximum Gasteiger partial charge on any atom is 0.251 e. The number of benzene rings is 2. The van der Waals surface area contributed by atoms with Crippen molar-refractivity contribution in [3.8, 4) is 0 Å². The number of hydrogen-bond donors (Lipinski definition) is 1. The first-order chi connectivity index (χ1) is 16.9. The van der Waals surface area contributed by atoms with Crippen LogP contribution < -0.4 is 10.2 Å². The number of thioether (sulfide) groups is 1. The van der Waals surface area contributed by atoms with Crippen molar-refractivity contribution in [3.05, 3.63) is 80.4 Å². The fourth-order valence-electron chi connectivity index (χ4n) is 3.94. The lowest BCUT2D eigenvalue weighted by Gasteiger charge is -2.31. The minimum absolute atomic E-state index is 0.123. The van der Waals surface area contributed by atoms with Gasteiger partial charge >= 0.3 is 0 Å². The maximum absolute atomic E-state index is 12.7. The summed E-state index contributed by atoms with van der Waals surface area (Å²) in [7, 11) is 0. The number of nitrogens with zero attached hydrogens (tertiary/aromatic N) is 3. The van der Waals surface area contributed by atoms with Crippen molar-refractivity contribution in [2.45, 2.75) is 37.1 Å². The molecule has 0 unspecified atom stereocenters. The van der Waals surface area contributed by atoms with Gasteiger partial charge in [0.25, 0.3) is 5.91 Å². The predicted octanol–water partition coefficient (Wildman–Crippen LogP) is 6.94. The van der Waals surface area contributed by atoms with Gasteiger partial charge in [0.1, 0.15) is 11.0 Å². The van der Waals surface area contributed by atoms with Gasteiger partial charge in [0, 0.05) is 47.1 Å². The quantitative estimate of drug-likeness (QED) is 0.187. The lowest BCUT2D eigenvalue weighted by molar-refractivity contribution is 0.0954. The molecule has 0 spiro atoms. The van der Waals surface area contributed by atoms with Crippen molar-refractivity contribution in [1.29, 1.82) is 0 Å². The normalized spacial score (nSPS) is 14.2. The summed E-state index contributed by atoms with van der Waals surface area (Å²) in [4.78, 5) is 24.1. The third-order valence-electron chi connectivity index (χ3n) is 6.02. The summed E-state index contributed by atoms with van der Waals surface area (Å²) >= 11 is 20.0. The van der Waals surface area contributed by atoms with E-state index in [2.05, 4.69) is 22.1 Å². The highest BCUT2D eigenvalue weighted by Crippen LogP contribution is 2.27. The number of hydrogen-bond acceptors (Lipinski definition) is 5. The summed E-state index contributed by atoms with van der Waals surface area (Å²) < 4.78 is 0. The molecule has 5 nitrogen and oxygen atoms in total. The Morgan fingerprint density at radius 3 is 2.66 bits per heavy atom. The average molecular weight is 550 g/mol. The molecule has 184 valence electrons. The molecule has 1 amide bonds. The zero-order valence-electron chi connectivity index (χ0n) is 19.4. The standard InChI is InChI=1S/C26H27Cl3N4OS/c1-17-8-11-33(12-9-17)24-15-23(29)31-26(32-24)35-16-18-3-2-4-20(13-18)25(34)30-10-7-19-5-6-21(27)14-22(19)28/h2-6,13-15,17H,7-12,16H2,1H3,(H,30,34). The fraction of sp³-hybridized carbons (Fsp3) is 0.346. The summed E-state index contributed by atoms with van der Waals surface area (Å²) in [6.07, 6.45) is 2.94. The van der Waals surface area contributed by atoms with Crippen molar-refractivity contribution in [3.63, 3.8) is 0 Å². The average Bonchev–Trinajstić information content (AvgIpc) is 2.84.